The lowest BCUT2D eigenvalue weighted by atomic mass is 9.42. The number of rotatable bonds is 4. The average molecular weight is 389 g/mol. The number of hydrogen-bond donors (Lipinski definition) is 1. The summed E-state index contributed by atoms with van der Waals surface area (Å²) in [7, 11) is 0. The number of Topliss-reactive ketones (excluding diaryl/α,β-unsaturated/α-hetero) is 1. The van der Waals surface area contributed by atoms with Gasteiger partial charge in [0.1, 0.15) is 5.78 Å². The fourth-order valence-electron chi connectivity index (χ4n) is 9.27. The van der Waals surface area contributed by atoms with Crippen LogP contribution in [0.2, 0.25) is 0 Å². The fraction of sp³-hybridized carbons (Fsp3) is 0.962. The van der Waals surface area contributed by atoms with Crippen molar-refractivity contribution in [2.75, 3.05) is 0 Å². The van der Waals surface area contributed by atoms with Crippen molar-refractivity contribution in [2.45, 2.75) is 105 Å². The number of aliphatic hydroxyl groups is 1. The molecule has 1 N–H and O–H groups in total. The zero-order valence-corrected chi connectivity index (χ0v) is 19.0. The summed E-state index contributed by atoms with van der Waals surface area (Å²) in [5, 5.41) is 10.4. The predicted octanol–water partition coefficient (Wildman–Crippen LogP) is 6.26. The van der Waals surface area contributed by atoms with Gasteiger partial charge >= 0.3 is 0 Å². The summed E-state index contributed by atoms with van der Waals surface area (Å²) < 4.78 is 0. The zero-order chi connectivity index (χ0) is 20.3. The van der Waals surface area contributed by atoms with Gasteiger partial charge in [0.15, 0.2) is 0 Å². The molecule has 0 bridgehead atoms. The molecule has 0 aromatic heterocycles. The van der Waals surface area contributed by atoms with E-state index >= 15 is 0 Å². The van der Waals surface area contributed by atoms with E-state index in [-0.39, 0.29) is 17.4 Å². The first kappa shape index (κ1) is 20.9. The van der Waals surface area contributed by atoms with Crippen molar-refractivity contribution in [1.29, 1.82) is 0 Å². The van der Waals surface area contributed by atoms with Gasteiger partial charge in [-0.05, 0) is 91.8 Å². The summed E-state index contributed by atoms with van der Waals surface area (Å²) in [6.45, 7) is 12.1. The standard InChI is InChI=1S/C26H44O2/c1-6-8-16(3)19-9-10-20-23-21(12-14-25(19,20)4)26(5)13-11-17(27)15-22(26)18(7-2)24(23)28/h16-23,27H,6-15H2,1-5H3/t16-,17-,18-,19-,20?,21?,22+,23?,25-,26-/m1/s1. The van der Waals surface area contributed by atoms with Crippen LogP contribution in [0.15, 0.2) is 0 Å². The van der Waals surface area contributed by atoms with E-state index in [1.807, 2.05) is 0 Å². The lowest BCUT2D eigenvalue weighted by Crippen LogP contribution is -2.60. The molecular formula is C26H44O2. The molecule has 0 saturated heterocycles. The van der Waals surface area contributed by atoms with Crippen LogP contribution in [0.25, 0.3) is 0 Å². The van der Waals surface area contributed by atoms with Gasteiger partial charge in [-0.2, -0.15) is 0 Å². The van der Waals surface area contributed by atoms with Crippen molar-refractivity contribution in [1.82, 2.24) is 0 Å². The average Bonchev–Trinajstić information content (AvgIpc) is 3.01. The molecule has 4 aliphatic carbocycles. The van der Waals surface area contributed by atoms with Gasteiger partial charge in [0, 0.05) is 11.8 Å². The van der Waals surface area contributed by atoms with Crippen molar-refractivity contribution in [3.63, 3.8) is 0 Å². The van der Waals surface area contributed by atoms with E-state index in [0.29, 0.717) is 34.9 Å². The fourth-order valence-corrected chi connectivity index (χ4v) is 9.27. The van der Waals surface area contributed by atoms with Gasteiger partial charge < -0.3 is 5.11 Å². The molecule has 160 valence electrons. The smallest absolute Gasteiger partial charge is 0.139 e. The van der Waals surface area contributed by atoms with Crippen LogP contribution >= 0.6 is 0 Å². The third kappa shape index (κ3) is 2.87. The highest BCUT2D eigenvalue weighted by Crippen LogP contribution is 2.68. The molecule has 0 aromatic rings. The van der Waals surface area contributed by atoms with E-state index in [1.54, 1.807) is 0 Å². The lowest BCUT2D eigenvalue weighted by molar-refractivity contribution is -0.173. The first-order chi connectivity index (χ1) is 13.3. The number of fused-ring (bicyclic) bond motifs is 5. The Kier molecular flexibility index (Phi) is 5.52. The molecule has 2 nitrogen and oxygen atoms in total. The van der Waals surface area contributed by atoms with Gasteiger partial charge in [-0.15, -0.1) is 0 Å². The molecule has 4 saturated carbocycles. The van der Waals surface area contributed by atoms with Crippen LogP contribution in [-0.4, -0.2) is 17.0 Å². The maximum atomic E-state index is 13.9. The lowest BCUT2D eigenvalue weighted by Gasteiger charge is -2.62. The van der Waals surface area contributed by atoms with Crippen molar-refractivity contribution < 1.29 is 9.90 Å². The second-order valence-electron chi connectivity index (χ2n) is 11.7. The molecule has 4 aliphatic rings. The molecule has 2 heteroatoms. The van der Waals surface area contributed by atoms with Crippen LogP contribution in [0.4, 0.5) is 0 Å². The van der Waals surface area contributed by atoms with E-state index < -0.39 is 0 Å². The van der Waals surface area contributed by atoms with Gasteiger partial charge in [0.2, 0.25) is 0 Å². The summed E-state index contributed by atoms with van der Waals surface area (Å²) >= 11 is 0. The molecule has 10 atom stereocenters. The third-order valence-corrected chi connectivity index (χ3v) is 10.6. The molecule has 0 amide bonds. The predicted molar refractivity (Wildman–Crippen MR) is 115 cm³/mol. The molecule has 4 fully saturated rings. The van der Waals surface area contributed by atoms with E-state index in [9.17, 15) is 9.90 Å². The van der Waals surface area contributed by atoms with Gasteiger partial charge in [0.05, 0.1) is 6.10 Å². The zero-order valence-electron chi connectivity index (χ0n) is 19.0. The van der Waals surface area contributed by atoms with Crippen LogP contribution in [-0.2, 0) is 4.79 Å². The number of hydrogen-bond acceptors (Lipinski definition) is 2. The molecule has 4 rings (SSSR count). The van der Waals surface area contributed by atoms with Gasteiger partial charge in [0.25, 0.3) is 0 Å². The number of aliphatic hydroxyl groups excluding tert-OH is 1. The Morgan fingerprint density at radius 3 is 2.36 bits per heavy atom. The van der Waals surface area contributed by atoms with Crippen molar-refractivity contribution in [2.24, 2.45) is 52.3 Å². The van der Waals surface area contributed by atoms with Crippen molar-refractivity contribution >= 4 is 5.78 Å². The normalized spacial score (nSPS) is 51.9. The first-order valence-corrected chi connectivity index (χ1v) is 12.5. The first-order valence-electron chi connectivity index (χ1n) is 12.5. The van der Waals surface area contributed by atoms with Gasteiger partial charge in [-0.1, -0.05) is 47.5 Å². The SMILES string of the molecule is CCC[C@@H](C)[C@H]1CCC2C3C(=O)[C@H](CC)[C@@H]4C[C@H](O)CC[C@]4(C)C3CC[C@@]21C. The highest BCUT2D eigenvalue weighted by atomic mass is 16.3. The van der Waals surface area contributed by atoms with Crippen molar-refractivity contribution in [3.05, 3.63) is 0 Å². The second kappa shape index (κ2) is 7.40. The van der Waals surface area contributed by atoms with Gasteiger partial charge in [-0.25, -0.2) is 0 Å². The monoisotopic (exact) mass is 388 g/mol. The molecule has 28 heavy (non-hydrogen) atoms. The highest BCUT2D eigenvalue weighted by Gasteiger charge is 2.64. The van der Waals surface area contributed by atoms with E-state index in [0.717, 1.165) is 37.5 Å². The van der Waals surface area contributed by atoms with Crippen LogP contribution in [0.5, 0.6) is 0 Å². The Bertz CT molecular complexity index is 599. The molecule has 0 aliphatic heterocycles. The number of carbonyl (C=O) groups is 1. The molecule has 0 heterocycles. The summed E-state index contributed by atoms with van der Waals surface area (Å²) in [6.07, 6.45) is 11.5. The summed E-state index contributed by atoms with van der Waals surface area (Å²) in [4.78, 5) is 13.9. The molecular weight excluding hydrogens is 344 g/mol. The molecule has 0 spiro atoms. The molecule has 0 radical (unpaired) electrons. The number of ketones is 1. The minimum absolute atomic E-state index is 0.184. The Balaban J connectivity index is 1.68. The summed E-state index contributed by atoms with van der Waals surface area (Å²) in [5.41, 5.74) is 0.647. The minimum Gasteiger partial charge on any atom is -0.393 e. The Morgan fingerprint density at radius 1 is 1.00 bits per heavy atom. The molecule has 0 aromatic carbocycles. The van der Waals surface area contributed by atoms with Crippen molar-refractivity contribution in [3.8, 4) is 0 Å². The maximum absolute atomic E-state index is 13.9. The Hall–Kier alpha value is -0.370. The number of carbonyl (C=O) groups excluding carboxylic acids is 1. The second-order valence-corrected chi connectivity index (χ2v) is 11.7. The summed E-state index contributed by atoms with van der Waals surface area (Å²) in [5.74, 6) is 4.30. The Morgan fingerprint density at radius 2 is 1.68 bits per heavy atom. The Labute approximate surface area is 173 Å². The van der Waals surface area contributed by atoms with E-state index in [1.165, 1.54) is 38.5 Å². The third-order valence-electron chi connectivity index (χ3n) is 10.6. The van der Waals surface area contributed by atoms with Crippen LogP contribution < -0.4 is 0 Å². The van der Waals surface area contributed by atoms with Gasteiger partial charge in [-0.3, -0.25) is 4.79 Å². The van der Waals surface area contributed by atoms with E-state index in [4.69, 9.17) is 0 Å². The van der Waals surface area contributed by atoms with Crippen LogP contribution in [0.3, 0.4) is 0 Å². The largest absolute Gasteiger partial charge is 0.393 e. The quantitative estimate of drug-likeness (QED) is 0.617. The van der Waals surface area contributed by atoms with E-state index in [2.05, 4.69) is 34.6 Å². The maximum Gasteiger partial charge on any atom is 0.139 e. The minimum atomic E-state index is -0.184. The van der Waals surface area contributed by atoms with Crippen LogP contribution in [0.1, 0.15) is 98.8 Å². The highest BCUT2D eigenvalue weighted by molar-refractivity contribution is 5.86. The molecule has 3 unspecified atom stereocenters. The summed E-state index contributed by atoms with van der Waals surface area (Å²) in [6, 6.07) is 0. The topological polar surface area (TPSA) is 37.3 Å². The van der Waals surface area contributed by atoms with Crippen LogP contribution in [0, 0.1) is 52.3 Å².